The molecule has 3 aromatic rings. The summed E-state index contributed by atoms with van der Waals surface area (Å²) in [7, 11) is 1.66. The third kappa shape index (κ3) is 4.82. The van der Waals surface area contributed by atoms with E-state index >= 15 is 0 Å². The van der Waals surface area contributed by atoms with Gasteiger partial charge in [0, 0.05) is 47.6 Å². The Labute approximate surface area is 177 Å². The number of carbonyl (C=O) groups excluding carboxylic acids is 2. The Morgan fingerprint density at radius 3 is 2.73 bits per heavy atom. The highest BCUT2D eigenvalue weighted by atomic mass is 16.5. The number of fused-ring (bicyclic) bond motifs is 1. The third-order valence-corrected chi connectivity index (χ3v) is 5.50. The van der Waals surface area contributed by atoms with Crippen molar-refractivity contribution in [1.29, 1.82) is 0 Å². The van der Waals surface area contributed by atoms with E-state index in [4.69, 9.17) is 9.47 Å². The molecule has 0 fully saturated rings. The van der Waals surface area contributed by atoms with E-state index in [2.05, 4.69) is 15.6 Å². The molecule has 6 heteroatoms. The quantitative estimate of drug-likeness (QED) is 0.393. The molecule has 0 saturated carbocycles. The summed E-state index contributed by atoms with van der Waals surface area (Å²) >= 11 is 0. The predicted octanol–water partition coefficient (Wildman–Crippen LogP) is 4.54. The average molecular weight is 411 g/mol. The minimum atomic E-state index is -0.343. The first-order chi connectivity index (χ1) is 14.4. The molecule has 2 heterocycles. The van der Waals surface area contributed by atoms with Gasteiger partial charge in [-0.2, -0.15) is 0 Å². The maximum Gasteiger partial charge on any atom is 0.306 e. The number of Topliss-reactive ketones (excluding diaryl/α,β-unsaturated/α-hetero) is 1. The Balaban J connectivity index is 1.50. The van der Waals surface area contributed by atoms with Gasteiger partial charge in [0.25, 0.3) is 0 Å². The number of aromatic amines is 1. The van der Waals surface area contributed by atoms with Crippen LogP contribution in [0.25, 0.3) is 10.9 Å². The van der Waals surface area contributed by atoms with E-state index in [1.54, 1.807) is 7.11 Å². The zero-order chi connectivity index (χ0) is 21.7. The number of hydrogen-bond acceptors (Lipinski definition) is 4. The van der Waals surface area contributed by atoms with Crippen LogP contribution in [0.2, 0.25) is 0 Å². The van der Waals surface area contributed by atoms with Crippen molar-refractivity contribution in [2.24, 2.45) is 0 Å². The molecule has 0 aliphatic rings. The first-order valence-corrected chi connectivity index (χ1v) is 10.3. The van der Waals surface area contributed by atoms with Gasteiger partial charge in [0.1, 0.15) is 0 Å². The number of H-pyrrole nitrogens is 1. The minimum absolute atomic E-state index is 0.128. The van der Waals surface area contributed by atoms with E-state index in [0.29, 0.717) is 18.6 Å². The van der Waals surface area contributed by atoms with E-state index in [0.717, 1.165) is 23.3 Å². The molecule has 1 aromatic carbocycles. The number of ether oxygens (including phenoxy) is 2. The first kappa shape index (κ1) is 21.8. The van der Waals surface area contributed by atoms with Crippen LogP contribution in [0.3, 0.4) is 0 Å². The number of hydrogen-bond donors (Lipinski definition) is 1. The maximum atomic E-state index is 12.6. The Hall–Kier alpha value is -2.86. The van der Waals surface area contributed by atoms with Crippen LogP contribution in [0.4, 0.5) is 0 Å². The van der Waals surface area contributed by atoms with E-state index in [1.807, 2.05) is 51.2 Å². The predicted molar refractivity (Wildman–Crippen MR) is 117 cm³/mol. The van der Waals surface area contributed by atoms with Gasteiger partial charge in [-0.05, 0) is 51.3 Å². The fourth-order valence-electron chi connectivity index (χ4n) is 4.11. The second-order valence-corrected chi connectivity index (χ2v) is 7.76. The number of para-hydroxylation sites is 1. The van der Waals surface area contributed by atoms with Gasteiger partial charge in [0.2, 0.25) is 5.78 Å². The van der Waals surface area contributed by atoms with E-state index in [1.165, 1.54) is 10.9 Å². The summed E-state index contributed by atoms with van der Waals surface area (Å²) in [4.78, 5) is 28.0. The fraction of sp³-hybridized carbons (Fsp3) is 0.417. The monoisotopic (exact) mass is 410 g/mol. The maximum absolute atomic E-state index is 12.6. The Morgan fingerprint density at radius 2 is 1.97 bits per heavy atom. The smallest absolute Gasteiger partial charge is 0.306 e. The van der Waals surface area contributed by atoms with Crippen molar-refractivity contribution in [3.63, 3.8) is 0 Å². The van der Waals surface area contributed by atoms with Gasteiger partial charge in [-0.1, -0.05) is 18.2 Å². The van der Waals surface area contributed by atoms with Crippen molar-refractivity contribution in [1.82, 2.24) is 9.55 Å². The third-order valence-electron chi connectivity index (χ3n) is 5.50. The van der Waals surface area contributed by atoms with Crippen molar-refractivity contribution >= 4 is 22.7 Å². The van der Waals surface area contributed by atoms with Crippen LogP contribution in [0.5, 0.6) is 0 Å². The van der Waals surface area contributed by atoms with Gasteiger partial charge in [0.05, 0.1) is 12.6 Å². The molecule has 0 spiro atoms. The number of esters is 1. The molecule has 0 bridgehead atoms. The van der Waals surface area contributed by atoms with Gasteiger partial charge in [-0.25, -0.2) is 0 Å². The van der Waals surface area contributed by atoms with Gasteiger partial charge in [-0.15, -0.1) is 0 Å². The minimum Gasteiger partial charge on any atom is -0.457 e. The summed E-state index contributed by atoms with van der Waals surface area (Å²) in [6, 6.07) is 10.1. The molecule has 1 atom stereocenters. The van der Waals surface area contributed by atoms with Crippen molar-refractivity contribution in [2.45, 2.75) is 46.1 Å². The van der Waals surface area contributed by atoms with E-state index < -0.39 is 0 Å². The number of benzene rings is 1. The molecule has 0 aliphatic carbocycles. The number of nitrogens with one attached hydrogen (secondary N) is 1. The summed E-state index contributed by atoms with van der Waals surface area (Å²) in [5.74, 6) is -0.520. The zero-order valence-electron chi connectivity index (χ0n) is 18.2. The van der Waals surface area contributed by atoms with Crippen molar-refractivity contribution in [3.8, 4) is 0 Å². The summed E-state index contributed by atoms with van der Waals surface area (Å²) in [5, 5.41) is 1.18. The number of aromatic nitrogens is 2. The molecular formula is C24H30N2O4. The molecule has 0 amide bonds. The molecule has 1 unspecified atom stereocenters. The second kappa shape index (κ2) is 9.76. The van der Waals surface area contributed by atoms with Crippen molar-refractivity contribution in [2.75, 3.05) is 20.3 Å². The van der Waals surface area contributed by atoms with Crippen LogP contribution in [0.1, 0.15) is 53.1 Å². The Kier molecular flexibility index (Phi) is 7.11. The largest absolute Gasteiger partial charge is 0.457 e. The average Bonchev–Trinajstić information content (AvgIpc) is 3.27. The number of ketones is 1. The topological polar surface area (TPSA) is 73.3 Å². The lowest BCUT2D eigenvalue weighted by Crippen LogP contribution is -2.17. The van der Waals surface area contributed by atoms with Gasteiger partial charge in [-0.3, -0.25) is 9.59 Å². The highest BCUT2D eigenvalue weighted by Crippen LogP contribution is 2.22. The molecule has 0 radical (unpaired) electrons. The highest BCUT2D eigenvalue weighted by Gasteiger charge is 2.20. The summed E-state index contributed by atoms with van der Waals surface area (Å²) in [5.41, 5.74) is 4.75. The van der Waals surface area contributed by atoms with Gasteiger partial charge in [0.15, 0.2) is 6.61 Å². The zero-order valence-corrected chi connectivity index (χ0v) is 18.2. The number of nitrogens with zero attached hydrogens (tertiary/aromatic N) is 1. The van der Waals surface area contributed by atoms with Crippen LogP contribution in [-0.2, 0) is 20.7 Å². The summed E-state index contributed by atoms with van der Waals surface area (Å²) in [6.45, 7) is 6.26. The summed E-state index contributed by atoms with van der Waals surface area (Å²) in [6.07, 6.45) is 3.74. The standard InChI is InChI=1S/C24H30N2O4/c1-16-12-21(18(3)26(16)17(2)14-29-4)23(27)15-30-24(28)11-7-8-19-13-25-22-10-6-5-9-20(19)22/h5-6,9-10,12-13,17,25H,7-8,11,14-15H2,1-4H3. The van der Waals surface area contributed by atoms with E-state index in [-0.39, 0.29) is 30.8 Å². The summed E-state index contributed by atoms with van der Waals surface area (Å²) < 4.78 is 12.6. The first-order valence-electron chi connectivity index (χ1n) is 10.3. The molecule has 30 heavy (non-hydrogen) atoms. The molecular weight excluding hydrogens is 380 g/mol. The Morgan fingerprint density at radius 1 is 1.20 bits per heavy atom. The van der Waals surface area contributed by atoms with Gasteiger partial charge >= 0.3 is 5.97 Å². The molecule has 0 saturated heterocycles. The van der Waals surface area contributed by atoms with Crippen LogP contribution in [0, 0.1) is 13.8 Å². The highest BCUT2D eigenvalue weighted by molar-refractivity contribution is 5.99. The van der Waals surface area contributed by atoms with Crippen LogP contribution < -0.4 is 0 Å². The normalized spacial score (nSPS) is 12.3. The molecule has 1 N–H and O–H groups in total. The van der Waals surface area contributed by atoms with Crippen LogP contribution in [-0.4, -0.2) is 41.6 Å². The lowest BCUT2D eigenvalue weighted by atomic mass is 10.1. The molecule has 3 rings (SSSR count). The van der Waals surface area contributed by atoms with Crippen molar-refractivity contribution in [3.05, 3.63) is 59.0 Å². The lowest BCUT2D eigenvalue weighted by molar-refractivity contribution is -0.142. The molecule has 160 valence electrons. The van der Waals surface area contributed by atoms with Crippen molar-refractivity contribution < 1.29 is 19.1 Å². The number of aryl methyl sites for hydroxylation is 2. The fourth-order valence-corrected chi connectivity index (χ4v) is 4.11. The second-order valence-electron chi connectivity index (χ2n) is 7.76. The lowest BCUT2D eigenvalue weighted by Gasteiger charge is -2.17. The Bertz CT molecular complexity index is 1030. The van der Waals surface area contributed by atoms with E-state index in [9.17, 15) is 9.59 Å². The van der Waals surface area contributed by atoms with Crippen LogP contribution in [0.15, 0.2) is 36.5 Å². The number of carbonyl (C=O) groups is 2. The molecule has 2 aromatic heterocycles. The molecule has 0 aliphatic heterocycles. The van der Waals surface area contributed by atoms with Crippen LogP contribution >= 0.6 is 0 Å². The SMILES string of the molecule is COCC(C)n1c(C)cc(C(=O)COC(=O)CCCc2c[nH]c3ccccc23)c1C. The number of rotatable bonds is 10. The number of methoxy groups -OCH3 is 1. The van der Waals surface area contributed by atoms with Gasteiger partial charge < -0.3 is 19.0 Å². The molecule has 6 nitrogen and oxygen atoms in total.